The van der Waals surface area contributed by atoms with Crippen molar-refractivity contribution < 1.29 is 19.4 Å². The third-order valence-corrected chi connectivity index (χ3v) is 1.19. The van der Waals surface area contributed by atoms with Gasteiger partial charge in [-0.15, -0.1) is 0 Å². The summed E-state index contributed by atoms with van der Waals surface area (Å²) in [5, 5.41) is 8.44. The molecule has 0 amide bonds. The first kappa shape index (κ1) is 10.1. The minimum atomic E-state index is -0.968. The molecule has 11 heavy (non-hydrogen) atoms. The number of carboxylic acids is 1. The zero-order chi connectivity index (χ0) is 8.85. The van der Waals surface area contributed by atoms with E-state index in [1.807, 2.05) is 0 Å². The molecule has 0 aliphatic carbocycles. The molecule has 64 valence electrons. The molecular formula is C7H12O4. The number of methoxy groups -OCH3 is 2. The first-order chi connectivity index (χ1) is 5.11. The summed E-state index contributed by atoms with van der Waals surface area (Å²) in [6.07, 6.45) is 0.814. The van der Waals surface area contributed by atoms with E-state index >= 15 is 0 Å². The molecule has 0 fully saturated rings. The van der Waals surface area contributed by atoms with Crippen LogP contribution in [-0.2, 0) is 14.3 Å². The minimum Gasteiger partial charge on any atom is -0.478 e. The smallest absolute Gasteiger partial charge is 0.331 e. The first-order valence-corrected chi connectivity index (χ1v) is 3.09. The molecule has 4 nitrogen and oxygen atoms in total. The van der Waals surface area contributed by atoms with Crippen molar-refractivity contribution in [2.24, 2.45) is 0 Å². The van der Waals surface area contributed by atoms with Crippen LogP contribution in [0.3, 0.4) is 0 Å². The second kappa shape index (κ2) is 4.87. The van der Waals surface area contributed by atoms with E-state index in [4.69, 9.17) is 14.6 Å². The van der Waals surface area contributed by atoms with Gasteiger partial charge in [0.2, 0.25) is 0 Å². The van der Waals surface area contributed by atoms with Crippen LogP contribution in [0.1, 0.15) is 6.92 Å². The molecule has 0 heterocycles. The predicted octanol–water partition coefficient (Wildman–Crippen LogP) is 0.636. The maximum Gasteiger partial charge on any atom is 0.331 e. The maximum absolute atomic E-state index is 10.3. The molecule has 0 saturated carbocycles. The van der Waals surface area contributed by atoms with Crippen molar-refractivity contribution >= 4 is 5.97 Å². The van der Waals surface area contributed by atoms with Crippen LogP contribution in [0.5, 0.6) is 0 Å². The van der Waals surface area contributed by atoms with Crippen LogP contribution < -0.4 is 0 Å². The highest BCUT2D eigenvalue weighted by Crippen LogP contribution is 1.99. The second-order valence-electron chi connectivity index (χ2n) is 1.99. The number of carbonyl (C=O) groups is 1. The van der Waals surface area contributed by atoms with Crippen molar-refractivity contribution in [3.63, 3.8) is 0 Å². The molecule has 0 rings (SSSR count). The molecule has 0 spiro atoms. The van der Waals surface area contributed by atoms with Crippen LogP contribution in [-0.4, -0.2) is 31.6 Å². The Labute approximate surface area is 65.4 Å². The van der Waals surface area contributed by atoms with Crippen molar-refractivity contribution in [3.8, 4) is 0 Å². The van der Waals surface area contributed by atoms with Crippen LogP contribution in [0, 0.1) is 0 Å². The Morgan fingerprint density at radius 1 is 1.45 bits per heavy atom. The standard InChI is InChI=1S/C7H12O4/c1-5(7(8)9)4-6(10-2)11-3/h4,6H,1-3H3,(H,8,9)/b5-4+. The molecular weight excluding hydrogens is 148 g/mol. The van der Waals surface area contributed by atoms with Gasteiger partial charge in [-0.3, -0.25) is 0 Å². The number of hydrogen-bond acceptors (Lipinski definition) is 3. The monoisotopic (exact) mass is 160 g/mol. The number of ether oxygens (including phenoxy) is 2. The van der Waals surface area contributed by atoms with Crippen LogP contribution >= 0.6 is 0 Å². The Morgan fingerprint density at radius 3 is 2.18 bits per heavy atom. The van der Waals surface area contributed by atoms with Crippen LogP contribution in [0.4, 0.5) is 0 Å². The van der Waals surface area contributed by atoms with Crippen LogP contribution in [0.15, 0.2) is 11.6 Å². The van der Waals surface area contributed by atoms with Crippen LogP contribution in [0.25, 0.3) is 0 Å². The first-order valence-electron chi connectivity index (χ1n) is 3.09. The highest BCUT2D eigenvalue weighted by Gasteiger charge is 2.05. The van der Waals surface area contributed by atoms with Gasteiger partial charge in [-0.25, -0.2) is 4.79 Å². The lowest BCUT2D eigenvalue weighted by Crippen LogP contribution is -2.11. The summed E-state index contributed by atoms with van der Waals surface area (Å²) in [6, 6.07) is 0. The highest BCUT2D eigenvalue weighted by atomic mass is 16.7. The van der Waals surface area contributed by atoms with Gasteiger partial charge in [-0.2, -0.15) is 0 Å². The molecule has 4 heteroatoms. The van der Waals surface area contributed by atoms with Gasteiger partial charge in [0, 0.05) is 19.8 Å². The van der Waals surface area contributed by atoms with E-state index < -0.39 is 12.3 Å². The van der Waals surface area contributed by atoms with Crippen molar-refractivity contribution in [3.05, 3.63) is 11.6 Å². The zero-order valence-electron chi connectivity index (χ0n) is 6.83. The van der Waals surface area contributed by atoms with E-state index in [9.17, 15) is 4.79 Å². The lowest BCUT2D eigenvalue weighted by molar-refractivity contribution is -0.133. The van der Waals surface area contributed by atoms with E-state index in [0.717, 1.165) is 0 Å². The molecule has 0 aliphatic rings. The molecule has 0 aliphatic heterocycles. The summed E-state index contributed by atoms with van der Waals surface area (Å²) >= 11 is 0. The van der Waals surface area contributed by atoms with Gasteiger partial charge in [0.1, 0.15) is 0 Å². The second-order valence-corrected chi connectivity index (χ2v) is 1.99. The Balaban J connectivity index is 4.14. The Morgan fingerprint density at radius 2 is 1.91 bits per heavy atom. The fraction of sp³-hybridized carbons (Fsp3) is 0.571. The molecule has 0 bridgehead atoms. The van der Waals surface area contributed by atoms with Crippen molar-refractivity contribution in [1.29, 1.82) is 0 Å². The van der Waals surface area contributed by atoms with E-state index in [1.54, 1.807) is 0 Å². The number of aliphatic carboxylic acids is 1. The number of carboxylic acid groups (broad SMARTS) is 1. The van der Waals surface area contributed by atoms with Gasteiger partial charge < -0.3 is 14.6 Å². The van der Waals surface area contributed by atoms with Crippen molar-refractivity contribution in [1.82, 2.24) is 0 Å². The summed E-state index contributed by atoms with van der Waals surface area (Å²) in [6.45, 7) is 1.48. The van der Waals surface area contributed by atoms with Crippen LogP contribution in [0.2, 0.25) is 0 Å². The average molecular weight is 160 g/mol. The molecule has 0 aromatic rings. The lowest BCUT2D eigenvalue weighted by atomic mass is 10.3. The maximum atomic E-state index is 10.3. The fourth-order valence-electron chi connectivity index (χ4n) is 0.508. The number of hydrogen-bond donors (Lipinski definition) is 1. The summed E-state index contributed by atoms with van der Waals surface area (Å²) in [7, 11) is 2.89. The van der Waals surface area contributed by atoms with Gasteiger partial charge in [0.15, 0.2) is 6.29 Å². The molecule has 0 radical (unpaired) electrons. The molecule has 0 saturated heterocycles. The quantitative estimate of drug-likeness (QED) is 0.484. The summed E-state index contributed by atoms with van der Waals surface area (Å²) in [4.78, 5) is 10.3. The zero-order valence-corrected chi connectivity index (χ0v) is 6.83. The summed E-state index contributed by atoms with van der Waals surface area (Å²) in [5.74, 6) is -0.968. The molecule has 0 unspecified atom stereocenters. The van der Waals surface area contributed by atoms with Gasteiger partial charge in [-0.05, 0) is 13.0 Å². The van der Waals surface area contributed by atoms with E-state index in [0.29, 0.717) is 0 Å². The van der Waals surface area contributed by atoms with E-state index in [1.165, 1.54) is 27.2 Å². The Kier molecular flexibility index (Phi) is 4.49. The normalized spacial score (nSPS) is 12.2. The van der Waals surface area contributed by atoms with Crippen molar-refractivity contribution in [2.45, 2.75) is 13.2 Å². The van der Waals surface area contributed by atoms with Crippen molar-refractivity contribution in [2.75, 3.05) is 14.2 Å². The Hall–Kier alpha value is -0.870. The topological polar surface area (TPSA) is 55.8 Å². The third-order valence-electron chi connectivity index (χ3n) is 1.19. The largest absolute Gasteiger partial charge is 0.478 e. The van der Waals surface area contributed by atoms with Gasteiger partial charge in [0.05, 0.1) is 0 Å². The minimum absolute atomic E-state index is 0.207. The fourth-order valence-corrected chi connectivity index (χ4v) is 0.508. The van der Waals surface area contributed by atoms with E-state index in [2.05, 4.69) is 0 Å². The van der Waals surface area contributed by atoms with Gasteiger partial charge in [-0.1, -0.05) is 0 Å². The Bertz CT molecular complexity index is 158. The number of rotatable bonds is 4. The van der Waals surface area contributed by atoms with Gasteiger partial charge in [0.25, 0.3) is 0 Å². The third kappa shape index (κ3) is 3.75. The summed E-state index contributed by atoms with van der Waals surface area (Å²) in [5.41, 5.74) is 0.207. The molecule has 1 N–H and O–H groups in total. The van der Waals surface area contributed by atoms with E-state index in [-0.39, 0.29) is 5.57 Å². The summed E-state index contributed by atoms with van der Waals surface area (Å²) < 4.78 is 9.52. The lowest BCUT2D eigenvalue weighted by Gasteiger charge is -2.07. The van der Waals surface area contributed by atoms with Gasteiger partial charge >= 0.3 is 5.97 Å². The molecule has 0 atom stereocenters. The molecule has 0 aromatic heterocycles. The molecule has 0 aromatic carbocycles. The predicted molar refractivity (Wildman–Crippen MR) is 39.2 cm³/mol. The highest BCUT2D eigenvalue weighted by molar-refractivity contribution is 5.85. The average Bonchev–Trinajstić information content (AvgIpc) is 1.99. The SMILES string of the molecule is COC(/C=C(\C)C(=O)O)OC.